The van der Waals surface area contributed by atoms with E-state index in [-0.39, 0.29) is 19.0 Å². The van der Waals surface area contributed by atoms with E-state index in [4.69, 9.17) is 47.7 Å². The van der Waals surface area contributed by atoms with Gasteiger partial charge in [0, 0.05) is 0 Å². The molecule has 0 saturated heterocycles. The third-order valence-electron chi connectivity index (χ3n) is 4.84. The van der Waals surface area contributed by atoms with Crippen molar-refractivity contribution in [3.8, 4) is 5.75 Å². The molecule has 0 aliphatic carbocycles. The lowest BCUT2D eigenvalue weighted by molar-refractivity contribution is -0.139. The summed E-state index contributed by atoms with van der Waals surface area (Å²) in [6.07, 6.45) is 0.246. The Morgan fingerprint density at radius 1 is 0.538 bits per heavy atom. The van der Waals surface area contributed by atoms with E-state index in [0.29, 0.717) is 112 Å². The van der Waals surface area contributed by atoms with Gasteiger partial charge in [-0.1, -0.05) is 12.1 Å². The maximum Gasteiger partial charge on any atom is 0.309 e. The van der Waals surface area contributed by atoms with Crippen LogP contribution in [0.3, 0.4) is 0 Å². The Labute approximate surface area is 231 Å². The van der Waals surface area contributed by atoms with Gasteiger partial charge in [0.05, 0.1) is 126 Å². The molecule has 0 bridgehead atoms. The molecule has 0 heterocycles. The number of aliphatic hydroxyl groups is 1. The molecule has 1 aromatic rings. The van der Waals surface area contributed by atoms with E-state index in [9.17, 15) is 4.79 Å². The SMILES string of the molecule is COC(=O)Cc1ccc(OCCOCCOCCOCCOCCOCCOCCOCCOCCO)cc1. The monoisotopic (exact) mass is 562 g/mol. The first-order valence-electron chi connectivity index (χ1n) is 13.3. The fourth-order valence-electron chi connectivity index (χ4n) is 2.87. The fourth-order valence-corrected chi connectivity index (χ4v) is 2.87. The Hall–Kier alpha value is -1.87. The van der Waals surface area contributed by atoms with Gasteiger partial charge in [-0.25, -0.2) is 0 Å². The lowest BCUT2D eigenvalue weighted by Crippen LogP contribution is -2.15. The summed E-state index contributed by atoms with van der Waals surface area (Å²) in [5.41, 5.74) is 0.875. The first-order chi connectivity index (χ1) is 19.3. The Morgan fingerprint density at radius 3 is 1.21 bits per heavy atom. The summed E-state index contributed by atoms with van der Waals surface area (Å²) in [6, 6.07) is 7.31. The van der Waals surface area contributed by atoms with Gasteiger partial charge in [0.1, 0.15) is 12.4 Å². The van der Waals surface area contributed by atoms with Crippen molar-refractivity contribution in [2.75, 3.05) is 126 Å². The van der Waals surface area contributed by atoms with Crippen LogP contribution in [0.1, 0.15) is 5.56 Å². The molecule has 0 saturated carbocycles. The lowest BCUT2D eigenvalue weighted by Gasteiger charge is -2.09. The number of esters is 1. The number of rotatable bonds is 29. The molecule has 0 fully saturated rings. The molecule has 0 aromatic heterocycles. The van der Waals surface area contributed by atoms with Crippen LogP contribution in [-0.4, -0.2) is 137 Å². The maximum atomic E-state index is 11.3. The van der Waals surface area contributed by atoms with Gasteiger partial charge in [-0.3, -0.25) is 4.79 Å². The Kier molecular flexibility index (Phi) is 25.0. The summed E-state index contributed by atoms with van der Waals surface area (Å²) in [5.74, 6) is 0.451. The number of benzene rings is 1. The van der Waals surface area contributed by atoms with Gasteiger partial charge < -0.3 is 52.5 Å². The predicted octanol–water partition coefficient (Wildman–Crippen LogP) is 0.906. The number of hydrogen-bond donors (Lipinski definition) is 1. The predicted molar refractivity (Wildman–Crippen MR) is 141 cm³/mol. The van der Waals surface area contributed by atoms with Crippen LogP contribution in [0.4, 0.5) is 0 Å². The van der Waals surface area contributed by atoms with Crippen molar-refractivity contribution >= 4 is 5.97 Å². The molecule has 0 amide bonds. The second-order valence-corrected chi connectivity index (χ2v) is 7.87. The smallest absolute Gasteiger partial charge is 0.309 e. The number of hydrogen-bond acceptors (Lipinski definition) is 12. The summed E-state index contributed by atoms with van der Waals surface area (Å²) in [6.45, 7) is 8.13. The van der Waals surface area contributed by atoms with Crippen molar-refractivity contribution in [3.05, 3.63) is 29.8 Å². The van der Waals surface area contributed by atoms with Gasteiger partial charge in [-0.2, -0.15) is 0 Å². The third-order valence-corrected chi connectivity index (χ3v) is 4.84. The second kappa shape index (κ2) is 27.7. The van der Waals surface area contributed by atoms with Crippen molar-refractivity contribution < 1.29 is 57.3 Å². The van der Waals surface area contributed by atoms with Crippen molar-refractivity contribution in [1.82, 2.24) is 0 Å². The Balaban J connectivity index is 1.72. The van der Waals surface area contributed by atoms with E-state index in [0.717, 1.165) is 11.3 Å². The van der Waals surface area contributed by atoms with Crippen LogP contribution >= 0.6 is 0 Å². The van der Waals surface area contributed by atoms with E-state index in [2.05, 4.69) is 4.74 Å². The minimum atomic E-state index is -0.270. The highest BCUT2D eigenvalue weighted by atomic mass is 16.6. The molecule has 226 valence electrons. The second-order valence-electron chi connectivity index (χ2n) is 7.87. The van der Waals surface area contributed by atoms with Crippen LogP contribution in [0.25, 0.3) is 0 Å². The highest BCUT2D eigenvalue weighted by molar-refractivity contribution is 5.72. The standard InChI is InChI=1S/C27H46O12/c1-30-27(29)24-25-2-4-26(5-3-25)39-23-22-38-21-20-37-19-18-36-17-16-35-15-14-34-13-12-33-11-10-32-9-8-31-7-6-28/h2-5,28H,6-24H2,1H3. The quantitative estimate of drug-likeness (QED) is 0.110. The minimum absolute atomic E-state index is 0.0231. The van der Waals surface area contributed by atoms with Crippen LogP contribution in [0.5, 0.6) is 5.75 Å². The maximum absolute atomic E-state index is 11.3. The molecule has 0 unspecified atom stereocenters. The molecule has 12 nitrogen and oxygen atoms in total. The summed E-state index contributed by atoms with van der Waals surface area (Å²) in [5, 5.41) is 8.56. The average molecular weight is 563 g/mol. The molecule has 0 spiro atoms. The molecular weight excluding hydrogens is 516 g/mol. The third kappa shape index (κ3) is 23.7. The van der Waals surface area contributed by atoms with Crippen LogP contribution in [0.2, 0.25) is 0 Å². The first-order valence-corrected chi connectivity index (χ1v) is 13.3. The van der Waals surface area contributed by atoms with Gasteiger partial charge in [0.2, 0.25) is 0 Å². The summed E-state index contributed by atoms with van der Waals surface area (Å²) in [4.78, 5) is 11.3. The van der Waals surface area contributed by atoms with E-state index in [1.165, 1.54) is 7.11 Å². The van der Waals surface area contributed by atoms with Crippen LogP contribution in [0.15, 0.2) is 24.3 Å². The van der Waals surface area contributed by atoms with Crippen LogP contribution in [-0.2, 0) is 53.8 Å². The van der Waals surface area contributed by atoms with Crippen molar-refractivity contribution in [1.29, 1.82) is 0 Å². The molecule has 1 rings (SSSR count). The zero-order valence-corrected chi connectivity index (χ0v) is 23.2. The normalized spacial score (nSPS) is 11.1. The number of carbonyl (C=O) groups excluding carboxylic acids is 1. The van der Waals surface area contributed by atoms with E-state index >= 15 is 0 Å². The molecular formula is C27H46O12. The lowest BCUT2D eigenvalue weighted by atomic mass is 10.1. The van der Waals surface area contributed by atoms with Gasteiger partial charge >= 0.3 is 5.97 Å². The zero-order valence-electron chi connectivity index (χ0n) is 23.2. The summed E-state index contributed by atoms with van der Waals surface area (Å²) < 4.78 is 53.3. The van der Waals surface area contributed by atoms with Gasteiger partial charge in [0.25, 0.3) is 0 Å². The molecule has 1 N–H and O–H groups in total. The number of aliphatic hydroxyl groups excluding tert-OH is 1. The van der Waals surface area contributed by atoms with Crippen LogP contribution < -0.4 is 4.74 Å². The number of carbonyl (C=O) groups is 1. The summed E-state index contributed by atoms with van der Waals surface area (Å²) in [7, 11) is 1.37. The molecule has 39 heavy (non-hydrogen) atoms. The van der Waals surface area contributed by atoms with Gasteiger partial charge in [-0.15, -0.1) is 0 Å². The fraction of sp³-hybridized carbons (Fsp3) is 0.741. The Bertz CT molecular complexity index is 659. The van der Waals surface area contributed by atoms with Crippen LogP contribution in [0, 0.1) is 0 Å². The van der Waals surface area contributed by atoms with E-state index < -0.39 is 0 Å². The first kappa shape index (κ1) is 35.2. The van der Waals surface area contributed by atoms with Gasteiger partial charge in [-0.05, 0) is 17.7 Å². The molecule has 1 aromatic carbocycles. The molecule has 0 radical (unpaired) electrons. The molecule has 0 aliphatic heterocycles. The van der Waals surface area contributed by atoms with Crippen molar-refractivity contribution in [2.24, 2.45) is 0 Å². The zero-order chi connectivity index (χ0) is 28.1. The average Bonchev–Trinajstić information content (AvgIpc) is 2.95. The van der Waals surface area contributed by atoms with E-state index in [1.54, 1.807) is 0 Å². The molecule has 0 aliphatic rings. The van der Waals surface area contributed by atoms with Crippen molar-refractivity contribution in [3.63, 3.8) is 0 Å². The minimum Gasteiger partial charge on any atom is -0.491 e. The van der Waals surface area contributed by atoms with Crippen molar-refractivity contribution in [2.45, 2.75) is 6.42 Å². The summed E-state index contributed by atoms with van der Waals surface area (Å²) >= 11 is 0. The highest BCUT2D eigenvalue weighted by Gasteiger charge is 2.03. The number of methoxy groups -OCH3 is 1. The Morgan fingerprint density at radius 2 is 0.872 bits per heavy atom. The number of ether oxygens (including phenoxy) is 10. The van der Waals surface area contributed by atoms with Gasteiger partial charge in [0.15, 0.2) is 0 Å². The van der Waals surface area contributed by atoms with E-state index in [1.807, 2.05) is 24.3 Å². The highest BCUT2D eigenvalue weighted by Crippen LogP contribution is 2.12. The topological polar surface area (TPSA) is 130 Å². The largest absolute Gasteiger partial charge is 0.491 e. The molecule has 0 atom stereocenters. The molecule has 12 heteroatoms.